The Bertz CT molecular complexity index is 251. The molecule has 12 heavy (non-hydrogen) atoms. The van der Waals surface area contributed by atoms with Crippen molar-refractivity contribution >= 4 is 5.69 Å². The second kappa shape index (κ2) is 3.15. The number of benzene rings is 1. The Kier molecular flexibility index (Phi) is 2.00. The summed E-state index contributed by atoms with van der Waals surface area (Å²) < 4.78 is 0. The van der Waals surface area contributed by atoms with Gasteiger partial charge in [0, 0.05) is 0 Å². The lowest BCUT2D eigenvalue weighted by atomic mass is 10.1. The third-order valence-electron chi connectivity index (χ3n) is 2.18. The van der Waals surface area contributed by atoms with Gasteiger partial charge in [-0.3, -0.25) is 10.3 Å². The van der Waals surface area contributed by atoms with Gasteiger partial charge in [-0.2, -0.15) is 0 Å². The van der Waals surface area contributed by atoms with Crippen molar-refractivity contribution in [3.8, 4) is 0 Å². The lowest BCUT2D eigenvalue weighted by Gasteiger charge is -2.03. The van der Waals surface area contributed by atoms with Gasteiger partial charge in [0.25, 0.3) is 0 Å². The van der Waals surface area contributed by atoms with Gasteiger partial charge in [-0.15, -0.1) is 0 Å². The van der Waals surface area contributed by atoms with E-state index in [1.165, 1.54) is 18.4 Å². The number of rotatable bonds is 3. The zero-order chi connectivity index (χ0) is 8.39. The molecule has 1 saturated carbocycles. The van der Waals surface area contributed by atoms with E-state index in [0.717, 1.165) is 11.6 Å². The van der Waals surface area contributed by atoms with E-state index >= 15 is 0 Å². The van der Waals surface area contributed by atoms with Crippen LogP contribution in [0.2, 0.25) is 0 Å². The molecule has 0 radical (unpaired) electrons. The fourth-order valence-corrected chi connectivity index (χ4v) is 1.36. The van der Waals surface area contributed by atoms with Crippen molar-refractivity contribution in [2.45, 2.75) is 18.8 Å². The zero-order valence-corrected chi connectivity index (χ0v) is 7.21. The average molecular weight is 163 g/mol. The number of nitrogens with one attached hydrogen (secondary N) is 1. The van der Waals surface area contributed by atoms with Crippen molar-refractivity contribution in [3.63, 3.8) is 0 Å². The van der Waals surface area contributed by atoms with Gasteiger partial charge in [0.2, 0.25) is 0 Å². The predicted octanol–water partition coefficient (Wildman–Crippen LogP) is 2.54. The first-order chi connectivity index (χ1) is 5.90. The van der Waals surface area contributed by atoms with Gasteiger partial charge in [0.15, 0.2) is 0 Å². The molecule has 0 aliphatic heterocycles. The minimum Gasteiger partial charge on any atom is -0.279 e. The third kappa shape index (κ3) is 1.59. The Balaban J connectivity index is 2.08. The minimum atomic E-state index is 0.835. The van der Waals surface area contributed by atoms with Gasteiger partial charge in [0.1, 0.15) is 0 Å². The molecule has 1 aromatic carbocycles. The van der Waals surface area contributed by atoms with Crippen LogP contribution in [0.1, 0.15) is 24.3 Å². The summed E-state index contributed by atoms with van der Waals surface area (Å²) in [6, 6.07) is 8.44. The highest BCUT2D eigenvalue weighted by molar-refractivity contribution is 5.43. The molecular formula is C10H13NO. The fourth-order valence-electron chi connectivity index (χ4n) is 1.36. The van der Waals surface area contributed by atoms with E-state index in [1.807, 2.05) is 0 Å². The van der Waals surface area contributed by atoms with Crippen LogP contribution in [-0.2, 0) is 4.84 Å². The minimum absolute atomic E-state index is 0.835. The van der Waals surface area contributed by atoms with Crippen LogP contribution < -0.4 is 5.48 Å². The molecule has 2 nitrogen and oxygen atoms in total. The van der Waals surface area contributed by atoms with Crippen molar-refractivity contribution < 1.29 is 4.84 Å². The first kappa shape index (κ1) is 7.62. The average Bonchev–Trinajstić information content (AvgIpc) is 2.89. The molecule has 1 aromatic rings. The molecule has 1 aliphatic rings. The van der Waals surface area contributed by atoms with Gasteiger partial charge in [0.05, 0.1) is 12.8 Å². The number of anilines is 1. The molecule has 64 valence electrons. The summed E-state index contributed by atoms with van der Waals surface area (Å²) in [5, 5.41) is 0. The number of hydrogen-bond acceptors (Lipinski definition) is 2. The van der Waals surface area contributed by atoms with Crippen LogP contribution in [-0.4, -0.2) is 7.11 Å². The van der Waals surface area contributed by atoms with Crippen LogP contribution in [0, 0.1) is 0 Å². The maximum absolute atomic E-state index is 4.79. The molecule has 0 unspecified atom stereocenters. The highest BCUT2D eigenvalue weighted by Gasteiger charge is 2.22. The Hall–Kier alpha value is -1.02. The van der Waals surface area contributed by atoms with Crippen molar-refractivity contribution in [1.82, 2.24) is 0 Å². The molecule has 0 spiro atoms. The smallest absolute Gasteiger partial charge is 0.0636 e. The zero-order valence-electron chi connectivity index (χ0n) is 7.21. The van der Waals surface area contributed by atoms with Gasteiger partial charge in [-0.1, -0.05) is 12.1 Å². The van der Waals surface area contributed by atoms with E-state index in [-0.39, 0.29) is 0 Å². The summed E-state index contributed by atoms with van der Waals surface area (Å²) in [6.45, 7) is 0. The molecule has 2 heteroatoms. The van der Waals surface area contributed by atoms with Gasteiger partial charge < -0.3 is 0 Å². The molecule has 0 aromatic heterocycles. The Morgan fingerprint density at radius 2 is 1.92 bits per heavy atom. The van der Waals surface area contributed by atoms with Crippen LogP contribution in [0.4, 0.5) is 5.69 Å². The molecule has 0 bridgehead atoms. The van der Waals surface area contributed by atoms with E-state index in [1.54, 1.807) is 7.11 Å². The van der Waals surface area contributed by atoms with Crippen LogP contribution >= 0.6 is 0 Å². The largest absolute Gasteiger partial charge is 0.279 e. The van der Waals surface area contributed by atoms with E-state index in [9.17, 15) is 0 Å². The van der Waals surface area contributed by atoms with Crippen molar-refractivity contribution in [2.24, 2.45) is 0 Å². The number of hydrogen-bond donors (Lipinski definition) is 1. The molecular weight excluding hydrogens is 150 g/mol. The summed E-state index contributed by atoms with van der Waals surface area (Å²) in [4.78, 5) is 4.79. The molecule has 2 rings (SSSR count). The summed E-state index contributed by atoms with van der Waals surface area (Å²) in [5.41, 5.74) is 5.26. The molecule has 0 heterocycles. The Morgan fingerprint density at radius 3 is 2.42 bits per heavy atom. The fraction of sp³-hybridized carbons (Fsp3) is 0.400. The summed E-state index contributed by atoms with van der Waals surface area (Å²) >= 11 is 0. The van der Waals surface area contributed by atoms with Crippen LogP contribution in [0.15, 0.2) is 24.3 Å². The molecule has 1 N–H and O–H groups in total. The van der Waals surface area contributed by atoms with Crippen LogP contribution in [0.3, 0.4) is 0 Å². The van der Waals surface area contributed by atoms with Gasteiger partial charge >= 0.3 is 0 Å². The van der Waals surface area contributed by atoms with E-state index in [2.05, 4.69) is 29.7 Å². The topological polar surface area (TPSA) is 21.3 Å². The quantitative estimate of drug-likeness (QED) is 0.691. The summed E-state index contributed by atoms with van der Waals surface area (Å²) in [7, 11) is 1.62. The summed E-state index contributed by atoms with van der Waals surface area (Å²) in [6.07, 6.45) is 2.72. The second-order valence-corrected chi connectivity index (χ2v) is 3.20. The molecule has 0 atom stereocenters. The van der Waals surface area contributed by atoms with Gasteiger partial charge in [-0.05, 0) is 36.5 Å². The monoisotopic (exact) mass is 163 g/mol. The Labute approximate surface area is 72.5 Å². The lowest BCUT2D eigenvalue weighted by molar-refractivity contribution is 0.271. The second-order valence-electron chi connectivity index (χ2n) is 3.20. The summed E-state index contributed by atoms with van der Waals surface area (Å²) in [5.74, 6) is 0.835. The lowest BCUT2D eigenvalue weighted by Crippen LogP contribution is -1.94. The van der Waals surface area contributed by atoms with Crippen molar-refractivity contribution in [3.05, 3.63) is 29.8 Å². The third-order valence-corrected chi connectivity index (χ3v) is 2.18. The standard InChI is InChI=1S/C10H13NO/c1-12-11-10-6-4-9(5-7-10)8-2-3-8/h4-8,11H,2-3H2,1H3. The molecule has 0 saturated heterocycles. The normalized spacial score (nSPS) is 16.1. The highest BCUT2D eigenvalue weighted by atomic mass is 16.6. The van der Waals surface area contributed by atoms with Gasteiger partial charge in [-0.25, -0.2) is 0 Å². The van der Waals surface area contributed by atoms with Crippen LogP contribution in [0.25, 0.3) is 0 Å². The van der Waals surface area contributed by atoms with Crippen LogP contribution in [0.5, 0.6) is 0 Å². The Morgan fingerprint density at radius 1 is 1.25 bits per heavy atom. The van der Waals surface area contributed by atoms with Crippen molar-refractivity contribution in [1.29, 1.82) is 0 Å². The molecule has 1 fully saturated rings. The maximum atomic E-state index is 4.79. The van der Waals surface area contributed by atoms with E-state index in [0.29, 0.717) is 0 Å². The first-order valence-corrected chi connectivity index (χ1v) is 4.29. The molecule has 1 aliphatic carbocycles. The van der Waals surface area contributed by atoms with Crippen molar-refractivity contribution in [2.75, 3.05) is 12.6 Å². The van der Waals surface area contributed by atoms with E-state index < -0.39 is 0 Å². The van der Waals surface area contributed by atoms with E-state index in [4.69, 9.17) is 4.84 Å². The first-order valence-electron chi connectivity index (χ1n) is 4.29. The maximum Gasteiger partial charge on any atom is 0.0636 e. The predicted molar refractivity (Wildman–Crippen MR) is 49.0 cm³/mol. The molecule has 0 amide bonds. The SMILES string of the molecule is CONc1ccc(C2CC2)cc1. The highest BCUT2D eigenvalue weighted by Crippen LogP contribution is 2.40.